The molecule has 1 saturated heterocycles. The number of carbonyl (C=O) groups is 1. The first kappa shape index (κ1) is 17.1. The molecular weight excluding hydrogens is 338 g/mol. The van der Waals surface area contributed by atoms with Crippen molar-refractivity contribution in [2.24, 2.45) is 0 Å². The maximum atomic E-state index is 11.4. The molecule has 0 radical (unpaired) electrons. The Bertz CT molecular complexity index is 785. The number of pyridine rings is 1. The number of aromatic nitrogens is 2. The number of hydrogen-bond donors (Lipinski definition) is 3. The molecule has 25 heavy (non-hydrogen) atoms. The highest BCUT2D eigenvalue weighted by atomic mass is 32.1. The zero-order valence-corrected chi connectivity index (χ0v) is 14.6. The fourth-order valence-corrected chi connectivity index (χ4v) is 3.36. The molecule has 0 saturated carbocycles. The van der Waals surface area contributed by atoms with E-state index in [1.807, 2.05) is 12.1 Å². The van der Waals surface area contributed by atoms with E-state index in [-0.39, 0.29) is 12.1 Å². The molecule has 1 atom stereocenters. The molecule has 1 unspecified atom stereocenters. The van der Waals surface area contributed by atoms with Gasteiger partial charge in [0, 0.05) is 38.9 Å². The first-order valence-electron chi connectivity index (χ1n) is 7.95. The van der Waals surface area contributed by atoms with Gasteiger partial charge in [-0.2, -0.15) is 5.26 Å². The van der Waals surface area contributed by atoms with Crippen LogP contribution in [-0.4, -0.2) is 47.1 Å². The van der Waals surface area contributed by atoms with Crippen LogP contribution in [0.25, 0.3) is 0 Å². The van der Waals surface area contributed by atoms with Crippen LogP contribution in [-0.2, 0) is 6.54 Å². The fraction of sp³-hybridized carbons (Fsp3) is 0.375. The van der Waals surface area contributed by atoms with E-state index in [0.717, 1.165) is 31.6 Å². The first-order chi connectivity index (χ1) is 12.2. The average molecular weight is 357 g/mol. The van der Waals surface area contributed by atoms with E-state index in [1.54, 1.807) is 19.4 Å². The van der Waals surface area contributed by atoms with E-state index in [1.165, 1.54) is 11.3 Å². The number of amides is 2. The summed E-state index contributed by atoms with van der Waals surface area (Å²) in [7, 11) is 1.62. The van der Waals surface area contributed by atoms with Crippen LogP contribution in [0.3, 0.4) is 0 Å². The number of nitrogens with zero attached hydrogens (tertiary/aromatic N) is 4. The summed E-state index contributed by atoms with van der Waals surface area (Å²) in [6.45, 7) is 2.57. The quantitative estimate of drug-likeness (QED) is 0.751. The Balaban J connectivity index is 1.57. The molecule has 2 amide bonds. The van der Waals surface area contributed by atoms with Crippen molar-refractivity contribution in [3.63, 3.8) is 0 Å². The molecule has 9 heteroatoms. The lowest BCUT2D eigenvalue weighted by Crippen LogP contribution is -2.41. The number of hydrogen-bond acceptors (Lipinski definition) is 7. The Morgan fingerprint density at radius 1 is 1.52 bits per heavy atom. The highest BCUT2D eigenvalue weighted by Gasteiger charge is 2.23. The molecule has 0 bridgehead atoms. The van der Waals surface area contributed by atoms with Crippen molar-refractivity contribution in [2.75, 3.05) is 25.5 Å². The third kappa shape index (κ3) is 4.65. The third-order valence-corrected chi connectivity index (χ3v) is 4.73. The number of thiazole rings is 1. The second kappa shape index (κ2) is 7.92. The Morgan fingerprint density at radius 3 is 3.16 bits per heavy atom. The summed E-state index contributed by atoms with van der Waals surface area (Å²) >= 11 is 1.29. The van der Waals surface area contributed by atoms with Gasteiger partial charge in [0.1, 0.15) is 16.8 Å². The smallest absolute Gasteiger partial charge is 0.314 e. The van der Waals surface area contributed by atoms with Crippen molar-refractivity contribution in [2.45, 2.75) is 19.0 Å². The van der Waals surface area contributed by atoms with Gasteiger partial charge in [-0.1, -0.05) is 11.3 Å². The van der Waals surface area contributed by atoms with Gasteiger partial charge in [0.15, 0.2) is 5.13 Å². The Morgan fingerprint density at radius 2 is 2.40 bits per heavy atom. The summed E-state index contributed by atoms with van der Waals surface area (Å²) < 4.78 is 0. The largest absolute Gasteiger partial charge is 0.341 e. The fourth-order valence-electron chi connectivity index (χ4n) is 2.74. The third-order valence-electron chi connectivity index (χ3n) is 3.92. The first-order valence-corrected chi connectivity index (χ1v) is 8.76. The van der Waals surface area contributed by atoms with Crippen LogP contribution in [0.2, 0.25) is 0 Å². The maximum absolute atomic E-state index is 11.4. The van der Waals surface area contributed by atoms with Gasteiger partial charge in [-0.05, 0) is 24.1 Å². The molecule has 3 N–H and O–H groups in total. The molecule has 1 aliphatic rings. The van der Waals surface area contributed by atoms with E-state index in [2.05, 4.69) is 36.9 Å². The normalized spacial score (nSPS) is 17.0. The molecule has 1 fully saturated rings. The summed E-state index contributed by atoms with van der Waals surface area (Å²) in [6, 6.07) is 6.07. The van der Waals surface area contributed by atoms with Gasteiger partial charge < -0.3 is 16.0 Å². The Hall–Kier alpha value is -2.70. The lowest BCUT2D eigenvalue weighted by molar-refractivity contribution is 0.238. The molecule has 0 aliphatic carbocycles. The monoisotopic (exact) mass is 357 g/mol. The van der Waals surface area contributed by atoms with Gasteiger partial charge in [0.05, 0.1) is 6.20 Å². The number of anilines is 2. The zero-order valence-electron chi connectivity index (χ0n) is 13.8. The molecule has 2 aromatic rings. The molecule has 0 spiro atoms. The minimum atomic E-state index is -0.137. The van der Waals surface area contributed by atoms with Crippen LogP contribution in [0.4, 0.5) is 15.7 Å². The summed E-state index contributed by atoms with van der Waals surface area (Å²) in [6.07, 6.45) is 4.24. The van der Waals surface area contributed by atoms with Gasteiger partial charge in [-0.15, -0.1) is 0 Å². The number of likely N-dealkylation sites (tertiary alicyclic amines) is 1. The highest BCUT2D eigenvalue weighted by molar-refractivity contribution is 7.16. The Kier molecular flexibility index (Phi) is 5.42. The second-order valence-corrected chi connectivity index (χ2v) is 6.79. The summed E-state index contributed by atoms with van der Waals surface area (Å²) in [5.41, 5.74) is 1.13. The van der Waals surface area contributed by atoms with Gasteiger partial charge in [0.25, 0.3) is 0 Å². The van der Waals surface area contributed by atoms with Crippen molar-refractivity contribution in [1.29, 1.82) is 5.26 Å². The number of nitrogens with one attached hydrogen (secondary N) is 3. The molecule has 2 aromatic heterocycles. The highest BCUT2D eigenvalue weighted by Crippen LogP contribution is 2.22. The van der Waals surface area contributed by atoms with Crippen LogP contribution < -0.4 is 16.0 Å². The lowest BCUT2D eigenvalue weighted by atomic mass is 10.2. The van der Waals surface area contributed by atoms with Crippen molar-refractivity contribution in [3.8, 4) is 6.07 Å². The van der Waals surface area contributed by atoms with Crippen molar-refractivity contribution >= 4 is 28.3 Å². The Labute approximate surface area is 149 Å². The van der Waals surface area contributed by atoms with Crippen molar-refractivity contribution < 1.29 is 4.79 Å². The van der Waals surface area contributed by atoms with E-state index in [4.69, 9.17) is 5.26 Å². The summed E-state index contributed by atoms with van der Waals surface area (Å²) in [4.78, 5) is 22.7. The average Bonchev–Trinajstić information content (AvgIpc) is 3.24. The molecule has 130 valence electrons. The molecule has 0 aromatic carbocycles. The van der Waals surface area contributed by atoms with E-state index in [0.29, 0.717) is 15.8 Å². The second-order valence-electron chi connectivity index (χ2n) is 5.76. The number of carbonyl (C=O) groups excluding carboxylic acids is 1. The molecule has 3 rings (SSSR count). The van der Waals surface area contributed by atoms with Gasteiger partial charge in [0.2, 0.25) is 0 Å². The SMILES string of the molecule is CNC(=O)NC1CCN(Cc2ccnc(Nc3ncc(C#N)s3)c2)C1. The topological polar surface area (TPSA) is 106 Å². The summed E-state index contributed by atoms with van der Waals surface area (Å²) in [5.74, 6) is 0.704. The van der Waals surface area contributed by atoms with Crippen LogP contribution in [0, 0.1) is 11.3 Å². The van der Waals surface area contributed by atoms with Crippen LogP contribution >= 0.6 is 11.3 Å². The number of rotatable bonds is 5. The van der Waals surface area contributed by atoms with Crippen molar-refractivity contribution in [3.05, 3.63) is 35.0 Å². The minimum absolute atomic E-state index is 0.137. The molecular formula is C16H19N7OS. The summed E-state index contributed by atoms with van der Waals surface area (Å²) in [5, 5.41) is 18.2. The van der Waals surface area contributed by atoms with Crippen LogP contribution in [0.15, 0.2) is 24.5 Å². The van der Waals surface area contributed by atoms with Crippen LogP contribution in [0.5, 0.6) is 0 Å². The van der Waals surface area contributed by atoms with E-state index < -0.39 is 0 Å². The van der Waals surface area contributed by atoms with Crippen molar-refractivity contribution in [1.82, 2.24) is 25.5 Å². The van der Waals surface area contributed by atoms with Gasteiger partial charge in [-0.25, -0.2) is 14.8 Å². The molecule has 3 heterocycles. The molecule has 1 aliphatic heterocycles. The maximum Gasteiger partial charge on any atom is 0.314 e. The predicted molar refractivity (Wildman–Crippen MR) is 95.6 cm³/mol. The molecule has 8 nitrogen and oxygen atoms in total. The lowest BCUT2D eigenvalue weighted by Gasteiger charge is -2.17. The standard InChI is InChI=1S/C16H19N7OS/c1-18-15(24)21-12-3-5-23(10-12)9-11-2-4-19-14(6-11)22-16-20-8-13(7-17)25-16/h2,4,6,8,12H,3,5,9-10H2,1H3,(H2,18,21,24)(H,19,20,22). The predicted octanol–water partition coefficient (Wildman–Crippen LogP) is 1.66. The van der Waals surface area contributed by atoms with Gasteiger partial charge >= 0.3 is 6.03 Å². The zero-order chi connectivity index (χ0) is 17.6. The van der Waals surface area contributed by atoms with Crippen LogP contribution in [0.1, 0.15) is 16.9 Å². The van der Waals surface area contributed by atoms with E-state index in [9.17, 15) is 4.79 Å². The van der Waals surface area contributed by atoms with E-state index >= 15 is 0 Å². The number of nitriles is 1. The minimum Gasteiger partial charge on any atom is -0.341 e. The number of urea groups is 1. The van der Waals surface area contributed by atoms with Gasteiger partial charge in [-0.3, -0.25) is 4.90 Å².